The number of methoxy groups -OCH3 is 3. The van der Waals surface area contributed by atoms with Crippen molar-refractivity contribution >= 4 is 23.5 Å². The molecule has 2 atom stereocenters. The SMILES string of the molecule is COc1cc2c(c(OC)c1OC)-c1ccc(NCC(=O)NC(C(=O)O)C(C)C)c(=O)cc1C(NC(C)=O)CC2. The molecule has 3 rings (SSSR count). The number of amides is 2. The molecule has 0 fully saturated rings. The van der Waals surface area contributed by atoms with Gasteiger partial charge in [0.15, 0.2) is 11.5 Å². The predicted molar refractivity (Wildman–Crippen MR) is 146 cm³/mol. The molecule has 2 unspecified atom stereocenters. The van der Waals surface area contributed by atoms with Crippen LogP contribution in [-0.4, -0.2) is 56.8 Å². The Kier molecular flexibility index (Phi) is 9.39. The minimum absolute atomic E-state index is 0.136. The minimum atomic E-state index is -1.14. The average Bonchev–Trinajstić information content (AvgIpc) is 3.12. The summed E-state index contributed by atoms with van der Waals surface area (Å²) in [4.78, 5) is 49.2. The number of aliphatic carboxylic acids is 1. The Labute approximate surface area is 226 Å². The lowest BCUT2D eigenvalue weighted by atomic mass is 9.95. The topological polar surface area (TPSA) is 152 Å². The first-order chi connectivity index (χ1) is 18.5. The molecule has 2 aromatic carbocycles. The smallest absolute Gasteiger partial charge is 0.326 e. The van der Waals surface area contributed by atoms with Gasteiger partial charge in [0.1, 0.15) is 6.04 Å². The number of benzene rings is 1. The number of hydrogen-bond donors (Lipinski definition) is 4. The van der Waals surface area contributed by atoms with E-state index in [0.717, 1.165) is 5.56 Å². The second kappa shape index (κ2) is 12.5. The Morgan fingerprint density at radius 1 is 1.05 bits per heavy atom. The van der Waals surface area contributed by atoms with Crippen LogP contribution in [0.15, 0.2) is 29.1 Å². The van der Waals surface area contributed by atoms with Crippen molar-refractivity contribution in [1.82, 2.24) is 10.6 Å². The van der Waals surface area contributed by atoms with Crippen LogP contribution in [0.4, 0.5) is 5.69 Å². The van der Waals surface area contributed by atoms with Crippen molar-refractivity contribution in [3.05, 3.63) is 45.6 Å². The lowest BCUT2D eigenvalue weighted by Gasteiger charge is -2.19. The number of rotatable bonds is 10. The van der Waals surface area contributed by atoms with Gasteiger partial charge in [0.05, 0.1) is 39.6 Å². The molecule has 1 aliphatic carbocycles. The van der Waals surface area contributed by atoms with Crippen LogP contribution in [0.5, 0.6) is 17.2 Å². The van der Waals surface area contributed by atoms with Crippen molar-refractivity contribution < 1.29 is 33.7 Å². The molecule has 4 N–H and O–H groups in total. The van der Waals surface area contributed by atoms with Crippen LogP contribution in [0.25, 0.3) is 11.1 Å². The van der Waals surface area contributed by atoms with Crippen LogP contribution in [0, 0.1) is 5.92 Å². The number of carbonyl (C=O) groups is 3. The summed E-state index contributed by atoms with van der Waals surface area (Å²) in [7, 11) is 4.56. The Morgan fingerprint density at radius 2 is 1.74 bits per heavy atom. The molecule has 0 aliphatic heterocycles. The molecule has 2 aromatic rings. The van der Waals surface area contributed by atoms with Crippen molar-refractivity contribution in [1.29, 1.82) is 0 Å². The van der Waals surface area contributed by atoms with E-state index in [0.29, 0.717) is 46.8 Å². The van der Waals surface area contributed by atoms with Gasteiger partial charge in [-0.25, -0.2) is 4.79 Å². The Morgan fingerprint density at radius 3 is 2.31 bits per heavy atom. The average molecular weight is 542 g/mol. The maximum Gasteiger partial charge on any atom is 0.326 e. The molecule has 0 spiro atoms. The molecule has 11 nitrogen and oxygen atoms in total. The summed E-state index contributed by atoms with van der Waals surface area (Å²) in [5.74, 6) is -0.951. The van der Waals surface area contributed by atoms with Crippen LogP contribution >= 0.6 is 0 Å². The molecule has 0 heterocycles. The van der Waals surface area contributed by atoms with Crippen LogP contribution in [0.3, 0.4) is 0 Å². The lowest BCUT2D eigenvalue weighted by Crippen LogP contribution is -2.46. The Balaban J connectivity index is 2.11. The quantitative estimate of drug-likeness (QED) is 0.355. The lowest BCUT2D eigenvalue weighted by molar-refractivity contribution is -0.142. The third kappa shape index (κ3) is 6.42. The van der Waals surface area contributed by atoms with Crippen molar-refractivity contribution in [2.45, 2.75) is 45.7 Å². The summed E-state index contributed by atoms with van der Waals surface area (Å²) in [5, 5.41) is 17.6. The van der Waals surface area contributed by atoms with Gasteiger partial charge in [-0.05, 0) is 53.6 Å². The van der Waals surface area contributed by atoms with Gasteiger partial charge in [-0.3, -0.25) is 14.4 Å². The maximum absolute atomic E-state index is 13.3. The van der Waals surface area contributed by atoms with E-state index in [1.807, 2.05) is 6.07 Å². The van der Waals surface area contributed by atoms with Crippen LogP contribution in [0.2, 0.25) is 0 Å². The van der Waals surface area contributed by atoms with Crippen molar-refractivity contribution in [3.63, 3.8) is 0 Å². The van der Waals surface area contributed by atoms with E-state index >= 15 is 0 Å². The van der Waals surface area contributed by atoms with E-state index in [1.165, 1.54) is 34.3 Å². The van der Waals surface area contributed by atoms with Gasteiger partial charge in [-0.1, -0.05) is 19.9 Å². The summed E-state index contributed by atoms with van der Waals surface area (Å²) in [5.41, 5.74) is 2.57. The molecular weight excluding hydrogens is 506 g/mol. The van der Waals surface area contributed by atoms with Crippen molar-refractivity contribution in [2.75, 3.05) is 33.2 Å². The number of ether oxygens (including phenoxy) is 3. The largest absolute Gasteiger partial charge is 0.493 e. The first-order valence-corrected chi connectivity index (χ1v) is 12.6. The van der Waals surface area contributed by atoms with Gasteiger partial charge in [0, 0.05) is 12.5 Å². The first kappa shape index (κ1) is 29.3. The predicted octanol–water partition coefficient (Wildman–Crippen LogP) is 2.50. The fourth-order valence-corrected chi connectivity index (χ4v) is 4.77. The molecule has 210 valence electrons. The van der Waals surface area contributed by atoms with Crippen LogP contribution < -0.4 is 35.6 Å². The number of aryl methyl sites for hydroxylation is 1. The van der Waals surface area contributed by atoms with Gasteiger partial charge >= 0.3 is 5.97 Å². The molecule has 39 heavy (non-hydrogen) atoms. The zero-order chi connectivity index (χ0) is 28.9. The number of nitrogens with one attached hydrogen (secondary N) is 3. The number of carbonyl (C=O) groups excluding carboxylic acids is 2. The summed E-state index contributed by atoms with van der Waals surface area (Å²) < 4.78 is 16.9. The van der Waals surface area contributed by atoms with E-state index in [4.69, 9.17) is 14.2 Å². The Hall–Kier alpha value is -4.28. The van der Waals surface area contributed by atoms with Crippen molar-refractivity contribution in [2.24, 2.45) is 5.92 Å². The zero-order valence-corrected chi connectivity index (χ0v) is 23.0. The van der Waals surface area contributed by atoms with Crippen LogP contribution in [0.1, 0.15) is 44.4 Å². The number of fused-ring (bicyclic) bond motifs is 3. The molecule has 1 aliphatic rings. The molecule has 0 aromatic heterocycles. The number of hydrogen-bond acceptors (Lipinski definition) is 8. The van der Waals surface area contributed by atoms with E-state index < -0.39 is 29.4 Å². The first-order valence-electron chi connectivity index (χ1n) is 12.6. The molecular formula is C28H35N3O8. The standard InChI is InChI=1S/C28H35N3O8/c1-14(2)25(28(35)36)31-23(34)13-29-20-10-8-17-18(12-21(20)33)19(30-15(3)32)9-7-16-11-22(37-4)26(38-5)27(39-6)24(16)17/h8,10-12,14,19,25H,7,9,13H2,1-6H3,(H,29,33)(H,30,32)(H,31,34)(H,35,36). The molecule has 0 bridgehead atoms. The molecule has 0 radical (unpaired) electrons. The van der Waals surface area contributed by atoms with E-state index in [-0.39, 0.29) is 24.1 Å². The molecule has 11 heteroatoms. The number of carboxylic acids is 1. The van der Waals surface area contributed by atoms with E-state index in [9.17, 15) is 24.3 Å². The molecule has 0 saturated heterocycles. The second-order valence-electron chi connectivity index (χ2n) is 9.58. The maximum atomic E-state index is 13.3. The fraction of sp³-hybridized carbons (Fsp3) is 0.429. The third-order valence-corrected chi connectivity index (χ3v) is 6.60. The number of carboxylic acid groups (broad SMARTS) is 1. The highest BCUT2D eigenvalue weighted by Crippen LogP contribution is 2.50. The highest BCUT2D eigenvalue weighted by Gasteiger charge is 2.29. The summed E-state index contributed by atoms with van der Waals surface area (Å²) in [6.45, 7) is 4.49. The van der Waals surface area contributed by atoms with Crippen LogP contribution in [-0.2, 0) is 20.8 Å². The fourth-order valence-electron chi connectivity index (χ4n) is 4.77. The zero-order valence-electron chi connectivity index (χ0n) is 23.0. The highest BCUT2D eigenvalue weighted by molar-refractivity contribution is 5.87. The number of anilines is 1. The van der Waals surface area contributed by atoms with E-state index in [2.05, 4.69) is 16.0 Å². The van der Waals surface area contributed by atoms with Gasteiger partial charge < -0.3 is 35.3 Å². The van der Waals surface area contributed by atoms with Gasteiger partial charge in [0.25, 0.3) is 0 Å². The summed E-state index contributed by atoms with van der Waals surface area (Å²) in [6.07, 6.45) is 1.08. The Bertz CT molecular complexity index is 1320. The highest BCUT2D eigenvalue weighted by atomic mass is 16.5. The second-order valence-corrected chi connectivity index (χ2v) is 9.58. The summed E-state index contributed by atoms with van der Waals surface area (Å²) in [6, 6.07) is 5.07. The molecule has 2 amide bonds. The normalized spacial score (nSPS) is 14.7. The van der Waals surface area contributed by atoms with Gasteiger partial charge in [-0.15, -0.1) is 0 Å². The van der Waals surface area contributed by atoms with E-state index in [1.54, 1.807) is 26.0 Å². The third-order valence-electron chi connectivity index (χ3n) is 6.60. The monoisotopic (exact) mass is 541 g/mol. The summed E-state index contributed by atoms with van der Waals surface area (Å²) >= 11 is 0. The minimum Gasteiger partial charge on any atom is -0.493 e. The van der Waals surface area contributed by atoms with Gasteiger partial charge in [-0.2, -0.15) is 0 Å². The van der Waals surface area contributed by atoms with Gasteiger partial charge in [0.2, 0.25) is 23.0 Å². The molecule has 0 saturated carbocycles. The van der Waals surface area contributed by atoms with Crippen molar-refractivity contribution in [3.8, 4) is 28.4 Å².